The van der Waals surface area contributed by atoms with Gasteiger partial charge in [0.1, 0.15) is 17.2 Å². The first-order valence-electron chi connectivity index (χ1n) is 7.24. The van der Waals surface area contributed by atoms with Crippen molar-refractivity contribution in [1.29, 1.82) is 5.26 Å². The number of benzene rings is 1. The highest BCUT2D eigenvalue weighted by Crippen LogP contribution is 2.39. The second-order valence-corrected chi connectivity index (χ2v) is 5.95. The molecule has 0 bridgehead atoms. The molecule has 2 heterocycles. The minimum Gasteiger partial charge on any atom is -0.483 e. The number of fused-ring (bicyclic) bond motifs is 1. The third kappa shape index (κ3) is 2.40. The van der Waals surface area contributed by atoms with Crippen molar-refractivity contribution in [3.8, 4) is 11.8 Å². The van der Waals surface area contributed by atoms with Gasteiger partial charge in [-0.15, -0.1) is 0 Å². The van der Waals surface area contributed by atoms with E-state index in [0.717, 1.165) is 42.2 Å². The normalized spacial score (nSPS) is 21.5. The molecule has 1 fully saturated rings. The Balaban J connectivity index is 2.14. The smallest absolute Gasteiger partial charge is 0.130 e. The monoisotopic (exact) mass is 281 g/mol. The van der Waals surface area contributed by atoms with E-state index < -0.39 is 0 Å². The van der Waals surface area contributed by atoms with Gasteiger partial charge in [-0.1, -0.05) is 0 Å². The number of ether oxygens (including phenoxy) is 1. The lowest BCUT2D eigenvalue weighted by Crippen LogP contribution is -2.34. The summed E-state index contributed by atoms with van der Waals surface area (Å²) in [5.41, 5.74) is 2.38. The number of nitriles is 1. The Morgan fingerprint density at radius 3 is 2.90 bits per heavy atom. The molecule has 0 unspecified atom stereocenters. The molecular weight excluding hydrogens is 262 g/mol. The van der Waals surface area contributed by atoms with Crippen molar-refractivity contribution in [3.63, 3.8) is 0 Å². The van der Waals surface area contributed by atoms with E-state index in [-0.39, 0.29) is 5.60 Å². The molecule has 4 heteroatoms. The maximum Gasteiger partial charge on any atom is 0.130 e. The molecule has 2 aliphatic rings. The van der Waals surface area contributed by atoms with Crippen molar-refractivity contribution < 1.29 is 4.74 Å². The van der Waals surface area contributed by atoms with Gasteiger partial charge in [0.05, 0.1) is 17.3 Å². The van der Waals surface area contributed by atoms with Crippen LogP contribution in [0.4, 0.5) is 0 Å². The fourth-order valence-corrected chi connectivity index (χ4v) is 2.98. The van der Waals surface area contributed by atoms with E-state index >= 15 is 0 Å². The summed E-state index contributed by atoms with van der Waals surface area (Å²) >= 11 is 0. The van der Waals surface area contributed by atoms with Gasteiger partial charge >= 0.3 is 0 Å². The molecule has 0 atom stereocenters. The van der Waals surface area contributed by atoms with E-state index in [2.05, 4.69) is 22.0 Å². The zero-order valence-corrected chi connectivity index (χ0v) is 12.7. The van der Waals surface area contributed by atoms with E-state index in [9.17, 15) is 0 Å². The Morgan fingerprint density at radius 2 is 2.19 bits per heavy atom. The first-order valence-corrected chi connectivity index (χ1v) is 7.24. The summed E-state index contributed by atoms with van der Waals surface area (Å²) in [7, 11) is 1.84. The average molecular weight is 281 g/mol. The van der Waals surface area contributed by atoms with Crippen LogP contribution in [0.15, 0.2) is 29.3 Å². The second-order valence-electron chi connectivity index (χ2n) is 5.95. The molecule has 0 spiro atoms. The lowest BCUT2D eigenvalue weighted by molar-refractivity contribution is 0.156. The molecule has 21 heavy (non-hydrogen) atoms. The number of hydrogen-bond donors (Lipinski definition) is 0. The summed E-state index contributed by atoms with van der Waals surface area (Å²) in [6, 6.07) is 7.80. The highest BCUT2D eigenvalue weighted by atomic mass is 16.5. The van der Waals surface area contributed by atoms with Crippen LogP contribution in [0.3, 0.4) is 0 Å². The van der Waals surface area contributed by atoms with Crippen molar-refractivity contribution >= 4 is 11.5 Å². The molecule has 0 aromatic heterocycles. The number of amidine groups is 1. The third-order valence-corrected chi connectivity index (χ3v) is 3.88. The molecule has 0 amide bonds. The van der Waals surface area contributed by atoms with Crippen molar-refractivity contribution in [2.75, 3.05) is 13.6 Å². The van der Waals surface area contributed by atoms with Crippen molar-refractivity contribution in [3.05, 3.63) is 35.4 Å². The number of hydrogen-bond acceptors (Lipinski definition) is 3. The molecule has 1 aromatic carbocycles. The third-order valence-electron chi connectivity index (χ3n) is 3.88. The quantitative estimate of drug-likeness (QED) is 0.794. The zero-order valence-electron chi connectivity index (χ0n) is 12.7. The number of likely N-dealkylation sites (tertiary alicyclic amines) is 1. The summed E-state index contributed by atoms with van der Waals surface area (Å²) in [5.74, 6) is 1.94. The highest BCUT2D eigenvalue weighted by Gasteiger charge is 2.32. The first kappa shape index (κ1) is 13.7. The molecule has 108 valence electrons. The molecule has 1 saturated heterocycles. The van der Waals surface area contributed by atoms with E-state index in [1.54, 1.807) is 6.07 Å². The van der Waals surface area contributed by atoms with Crippen LogP contribution in [0.2, 0.25) is 0 Å². The molecule has 0 aliphatic carbocycles. The van der Waals surface area contributed by atoms with E-state index in [0.29, 0.717) is 5.56 Å². The van der Waals surface area contributed by atoms with Gasteiger partial charge in [0, 0.05) is 25.6 Å². The Morgan fingerprint density at radius 1 is 1.38 bits per heavy atom. The summed E-state index contributed by atoms with van der Waals surface area (Å²) < 4.78 is 6.03. The zero-order chi connectivity index (χ0) is 15.0. The minimum atomic E-state index is -0.363. The van der Waals surface area contributed by atoms with Gasteiger partial charge in [0.15, 0.2) is 0 Å². The lowest BCUT2D eigenvalue weighted by Gasteiger charge is -2.35. The molecule has 1 aromatic rings. The first-order chi connectivity index (χ1) is 10.0. The minimum absolute atomic E-state index is 0.363. The predicted molar refractivity (Wildman–Crippen MR) is 83.1 cm³/mol. The van der Waals surface area contributed by atoms with Crippen LogP contribution in [0.25, 0.3) is 5.70 Å². The SMILES string of the molecule is CN=C1CCCN1C1=CC(C)(C)Oc2ccc(C#N)cc21. The molecule has 3 rings (SSSR count). The van der Waals surface area contributed by atoms with Crippen LogP contribution < -0.4 is 4.74 Å². The van der Waals surface area contributed by atoms with Crippen LogP contribution >= 0.6 is 0 Å². The standard InChI is InChI=1S/C17H19N3O/c1-17(2)10-14(20-8-4-5-16(20)19-3)13-9-12(11-18)6-7-15(13)21-17/h6-7,9-10H,4-5,8H2,1-3H3. The van der Waals surface area contributed by atoms with Gasteiger partial charge in [-0.25, -0.2) is 0 Å². The summed E-state index contributed by atoms with van der Waals surface area (Å²) in [5, 5.41) is 9.14. The van der Waals surface area contributed by atoms with E-state index in [1.165, 1.54) is 0 Å². The van der Waals surface area contributed by atoms with Crippen molar-refractivity contribution in [2.24, 2.45) is 4.99 Å². The van der Waals surface area contributed by atoms with Crippen LogP contribution in [-0.4, -0.2) is 29.9 Å². The summed E-state index contributed by atoms with van der Waals surface area (Å²) in [6.07, 6.45) is 4.24. The van der Waals surface area contributed by atoms with E-state index in [1.807, 2.05) is 33.0 Å². The van der Waals surface area contributed by atoms with Gasteiger partial charge in [-0.2, -0.15) is 5.26 Å². The topological polar surface area (TPSA) is 48.6 Å². The Kier molecular flexibility index (Phi) is 3.21. The Labute approximate surface area is 125 Å². The van der Waals surface area contributed by atoms with Crippen LogP contribution in [0.5, 0.6) is 5.75 Å². The van der Waals surface area contributed by atoms with Crippen LogP contribution in [0.1, 0.15) is 37.8 Å². The highest BCUT2D eigenvalue weighted by molar-refractivity contribution is 5.94. The Hall–Kier alpha value is -2.28. The molecular formula is C17H19N3O. The predicted octanol–water partition coefficient (Wildman–Crippen LogP) is 3.19. The van der Waals surface area contributed by atoms with Gasteiger partial charge < -0.3 is 9.64 Å². The fourth-order valence-electron chi connectivity index (χ4n) is 2.98. The van der Waals surface area contributed by atoms with Gasteiger partial charge in [-0.3, -0.25) is 4.99 Å². The molecule has 4 nitrogen and oxygen atoms in total. The summed E-state index contributed by atoms with van der Waals surface area (Å²) in [4.78, 5) is 6.66. The lowest BCUT2D eigenvalue weighted by atomic mass is 9.97. The second kappa shape index (κ2) is 4.92. The van der Waals surface area contributed by atoms with Crippen molar-refractivity contribution in [1.82, 2.24) is 4.90 Å². The maximum absolute atomic E-state index is 9.14. The van der Waals surface area contributed by atoms with Crippen LogP contribution in [-0.2, 0) is 0 Å². The molecule has 2 aliphatic heterocycles. The number of rotatable bonds is 1. The molecule has 0 saturated carbocycles. The van der Waals surface area contributed by atoms with Gasteiger partial charge in [0.25, 0.3) is 0 Å². The van der Waals surface area contributed by atoms with E-state index in [4.69, 9.17) is 10.00 Å². The van der Waals surface area contributed by atoms with Gasteiger partial charge in [-0.05, 0) is 44.5 Å². The van der Waals surface area contributed by atoms with Gasteiger partial charge in [0.2, 0.25) is 0 Å². The molecule has 0 N–H and O–H groups in total. The van der Waals surface area contributed by atoms with Crippen LogP contribution in [0, 0.1) is 11.3 Å². The summed E-state index contributed by atoms with van der Waals surface area (Å²) in [6.45, 7) is 5.06. The fraction of sp³-hybridized carbons (Fsp3) is 0.412. The van der Waals surface area contributed by atoms with Crippen molar-refractivity contribution in [2.45, 2.75) is 32.3 Å². The molecule has 0 radical (unpaired) electrons. The maximum atomic E-state index is 9.14. The largest absolute Gasteiger partial charge is 0.483 e. The number of nitrogens with zero attached hydrogens (tertiary/aromatic N) is 3. The number of aliphatic imine (C=N–C) groups is 1. The Bertz CT molecular complexity index is 680. The average Bonchev–Trinajstić information content (AvgIpc) is 2.93.